The number of carbonyl (C=O) groups is 2. The molecule has 0 aliphatic carbocycles. The Morgan fingerprint density at radius 3 is 3.00 bits per heavy atom. The van der Waals surface area contributed by atoms with Crippen molar-refractivity contribution in [2.45, 2.75) is 32.6 Å². The van der Waals surface area contributed by atoms with Gasteiger partial charge in [-0.15, -0.1) is 0 Å². The highest BCUT2D eigenvalue weighted by atomic mass is 16.4. The van der Waals surface area contributed by atoms with Crippen LogP contribution in [0.15, 0.2) is 18.3 Å². The van der Waals surface area contributed by atoms with Crippen molar-refractivity contribution in [2.75, 3.05) is 13.1 Å². The Balaban J connectivity index is 2.00. The van der Waals surface area contributed by atoms with E-state index in [0.29, 0.717) is 24.4 Å². The van der Waals surface area contributed by atoms with Crippen molar-refractivity contribution in [3.8, 4) is 0 Å². The topological polar surface area (TPSA) is 70.5 Å². The molecule has 0 radical (unpaired) electrons. The van der Waals surface area contributed by atoms with Gasteiger partial charge in [-0.05, 0) is 44.2 Å². The molecule has 2 heterocycles. The van der Waals surface area contributed by atoms with Crippen molar-refractivity contribution in [1.29, 1.82) is 0 Å². The first-order chi connectivity index (χ1) is 9.58. The molecule has 1 aromatic heterocycles. The number of amides is 1. The molecule has 1 atom stereocenters. The molecule has 0 bridgehead atoms. The number of nitrogens with zero attached hydrogens (tertiary/aromatic N) is 2. The largest absolute Gasteiger partial charge is 0.481 e. The van der Waals surface area contributed by atoms with Gasteiger partial charge in [-0.2, -0.15) is 0 Å². The quantitative estimate of drug-likeness (QED) is 0.914. The van der Waals surface area contributed by atoms with Crippen LogP contribution in [-0.2, 0) is 4.79 Å². The van der Waals surface area contributed by atoms with Gasteiger partial charge in [0.25, 0.3) is 5.91 Å². The SMILES string of the molecule is Cc1ncccc1C(=O)N1CCCC(CCC(=O)O)C1. The van der Waals surface area contributed by atoms with Crippen LogP contribution in [0.4, 0.5) is 0 Å². The molecule has 1 N–H and O–H groups in total. The third-order valence-corrected chi connectivity index (χ3v) is 3.81. The molecule has 2 rings (SSSR count). The van der Waals surface area contributed by atoms with Crippen LogP contribution in [0.1, 0.15) is 41.7 Å². The van der Waals surface area contributed by atoms with E-state index in [4.69, 9.17) is 5.11 Å². The van der Waals surface area contributed by atoms with Crippen molar-refractivity contribution < 1.29 is 14.7 Å². The number of carbonyl (C=O) groups excluding carboxylic acids is 1. The van der Waals surface area contributed by atoms with Crippen LogP contribution in [0.25, 0.3) is 0 Å². The zero-order valence-electron chi connectivity index (χ0n) is 11.7. The number of likely N-dealkylation sites (tertiary alicyclic amines) is 1. The van der Waals surface area contributed by atoms with Gasteiger partial charge in [-0.3, -0.25) is 14.6 Å². The lowest BCUT2D eigenvalue weighted by Crippen LogP contribution is -2.40. The van der Waals surface area contributed by atoms with Gasteiger partial charge < -0.3 is 10.0 Å². The fourth-order valence-electron chi connectivity index (χ4n) is 2.69. The Kier molecular flexibility index (Phi) is 4.71. The van der Waals surface area contributed by atoms with Gasteiger partial charge in [-0.25, -0.2) is 0 Å². The fraction of sp³-hybridized carbons (Fsp3) is 0.533. The van der Waals surface area contributed by atoms with E-state index in [1.54, 1.807) is 18.3 Å². The molecule has 0 aromatic carbocycles. The number of hydrogen-bond donors (Lipinski definition) is 1. The second-order valence-electron chi connectivity index (χ2n) is 5.33. The van der Waals surface area contributed by atoms with Crippen molar-refractivity contribution in [1.82, 2.24) is 9.88 Å². The highest BCUT2D eigenvalue weighted by molar-refractivity contribution is 5.95. The normalized spacial score (nSPS) is 18.9. The lowest BCUT2D eigenvalue weighted by Gasteiger charge is -2.33. The van der Waals surface area contributed by atoms with Gasteiger partial charge in [-0.1, -0.05) is 0 Å². The minimum absolute atomic E-state index is 0.00984. The van der Waals surface area contributed by atoms with E-state index in [-0.39, 0.29) is 12.3 Å². The third kappa shape index (κ3) is 3.56. The summed E-state index contributed by atoms with van der Waals surface area (Å²) < 4.78 is 0. The highest BCUT2D eigenvalue weighted by Crippen LogP contribution is 2.22. The van der Waals surface area contributed by atoms with Gasteiger partial charge in [0.05, 0.1) is 5.56 Å². The van der Waals surface area contributed by atoms with E-state index in [1.165, 1.54) is 0 Å². The second kappa shape index (κ2) is 6.50. The summed E-state index contributed by atoms with van der Waals surface area (Å²) in [6, 6.07) is 3.57. The van der Waals surface area contributed by atoms with Gasteiger partial charge in [0, 0.05) is 31.4 Å². The Morgan fingerprint density at radius 1 is 1.50 bits per heavy atom. The number of aryl methyl sites for hydroxylation is 1. The number of piperidine rings is 1. The number of carboxylic acid groups (broad SMARTS) is 1. The number of hydrogen-bond acceptors (Lipinski definition) is 3. The summed E-state index contributed by atoms with van der Waals surface area (Å²) in [7, 11) is 0. The Morgan fingerprint density at radius 2 is 2.30 bits per heavy atom. The van der Waals surface area contributed by atoms with E-state index in [9.17, 15) is 9.59 Å². The van der Waals surface area contributed by atoms with Crippen molar-refractivity contribution in [3.05, 3.63) is 29.6 Å². The molecular weight excluding hydrogens is 256 g/mol. The van der Waals surface area contributed by atoms with Crippen LogP contribution in [0.2, 0.25) is 0 Å². The molecule has 5 nitrogen and oxygen atoms in total. The van der Waals surface area contributed by atoms with Gasteiger partial charge in [0.15, 0.2) is 0 Å². The summed E-state index contributed by atoms with van der Waals surface area (Å²) in [4.78, 5) is 29.1. The first-order valence-corrected chi connectivity index (χ1v) is 7.00. The molecule has 5 heteroatoms. The minimum Gasteiger partial charge on any atom is -0.481 e. The summed E-state index contributed by atoms with van der Waals surface area (Å²) in [5, 5.41) is 8.74. The molecule has 20 heavy (non-hydrogen) atoms. The molecule has 1 unspecified atom stereocenters. The van der Waals surface area contributed by atoms with Crippen molar-refractivity contribution in [2.24, 2.45) is 5.92 Å². The zero-order valence-corrected chi connectivity index (χ0v) is 11.7. The monoisotopic (exact) mass is 276 g/mol. The summed E-state index contributed by atoms with van der Waals surface area (Å²) in [5.74, 6) is -0.465. The summed E-state index contributed by atoms with van der Waals surface area (Å²) in [6.45, 7) is 3.23. The zero-order chi connectivity index (χ0) is 14.5. The Bertz CT molecular complexity index is 502. The smallest absolute Gasteiger partial charge is 0.303 e. The van der Waals surface area contributed by atoms with Crippen LogP contribution in [-0.4, -0.2) is 40.0 Å². The van der Waals surface area contributed by atoms with Crippen molar-refractivity contribution >= 4 is 11.9 Å². The lowest BCUT2D eigenvalue weighted by atomic mass is 9.93. The first-order valence-electron chi connectivity index (χ1n) is 7.00. The van der Waals surface area contributed by atoms with Crippen molar-refractivity contribution in [3.63, 3.8) is 0 Å². The van der Waals surface area contributed by atoms with E-state index in [1.807, 2.05) is 11.8 Å². The molecule has 1 saturated heterocycles. The predicted molar refractivity (Wildman–Crippen MR) is 74.5 cm³/mol. The summed E-state index contributed by atoms with van der Waals surface area (Å²) in [6.07, 6.45) is 4.44. The molecule has 1 aliphatic heterocycles. The average molecular weight is 276 g/mol. The standard InChI is InChI=1S/C15H20N2O3/c1-11-13(5-2-8-16-11)15(20)17-9-3-4-12(10-17)6-7-14(18)19/h2,5,8,12H,3-4,6-7,9-10H2,1H3,(H,18,19). The Labute approximate surface area is 118 Å². The van der Waals surface area contributed by atoms with Gasteiger partial charge in [0.2, 0.25) is 0 Å². The Hall–Kier alpha value is -1.91. The van der Waals surface area contributed by atoms with E-state index < -0.39 is 5.97 Å². The molecule has 1 fully saturated rings. The number of pyridine rings is 1. The van der Waals surface area contributed by atoms with Crippen LogP contribution >= 0.6 is 0 Å². The predicted octanol–water partition coefficient (Wildman–Crippen LogP) is 2.11. The van der Waals surface area contributed by atoms with E-state index in [0.717, 1.165) is 25.1 Å². The van der Waals surface area contributed by atoms with Crippen LogP contribution in [0.3, 0.4) is 0 Å². The minimum atomic E-state index is -0.767. The lowest BCUT2D eigenvalue weighted by molar-refractivity contribution is -0.137. The highest BCUT2D eigenvalue weighted by Gasteiger charge is 2.25. The van der Waals surface area contributed by atoms with Gasteiger partial charge in [0.1, 0.15) is 0 Å². The van der Waals surface area contributed by atoms with E-state index >= 15 is 0 Å². The maximum absolute atomic E-state index is 12.5. The second-order valence-corrected chi connectivity index (χ2v) is 5.33. The average Bonchev–Trinajstić information content (AvgIpc) is 2.45. The van der Waals surface area contributed by atoms with Crippen LogP contribution in [0.5, 0.6) is 0 Å². The molecule has 0 saturated carbocycles. The summed E-state index contributed by atoms with van der Waals surface area (Å²) in [5.41, 5.74) is 1.39. The molecule has 1 aliphatic rings. The van der Waals surface area contributed by atoms with Gasteiger partial charge >= 0.3 is 5.97 Å². The maximum atomic E-state index is 12.5. The number of carboxylic acids is 1. The fourth-order valence-corrected chi connectivity index (χ4v) is 2.69. The first kappa shape index (κ1) is 14.5. The van der Waals surface area contributed by atoms with E-state index in [2.05, 4.69) is 4.98 Å². The number of aliphatic carboxylic acids is 1. The molecule has 1 aromatic rings. The molecule has 0 spiro atoms. The third-order valence-electron chi connectivity index (χ3n) is 3.81. The molecular formula is C15H20N2O3. The number of rotatable bonds is 4. The maximum Gasteiger partial charge on any atom is 0.303 e. The molecule has 108 valence electrons. The van der Waals surface area contributed by atoms with Crippen LogP contribution < -0.4 is 0 Å². The van der Waals surface area contributed by atoms with Crippen LogP contribution in [0, 0.1) is 12.8 Å². The number of aromatic nitrogens is 1. The summed E-state index contributed by atoms with van der Waals surface area (Å²) >= 11 is 0. The molecule has 1 amide bonds.